The summed E-state index contributed by atoms with van der Waals surface area (Å²) in [6, 6.07) is 7.61. The molecule has 1 N–H and O–H groups in total. The van der Waals surface area contributed by atoms with Crippen molar-refractivity contribution >= 4 is 39.3 Å². The maximum atomic E-state index is 13.2. The van der Waals surface area contributed by atoms with Gasteiger partial charge in [0.05, 0.1) is 24.0 Å². The second-order valence-electron chi connectivity index (χ2n) is 8.97. The molecule has 3 fully saturated rings. The number of nitrogens with zero attached hydrogens (tertiary/aromatic N) is 4. The minimum atomic E-state index is -0.144. The van der Waals surface area contributed by atoms with Crippen LogP contribution in [0.1, 0.15) is 43.0 Å². The van der Waals surface area contributed by atoms with Crippen LogP contribution in [-0.4, -0.2) is 54.8 Å². The van der Waals surface area contributed by atoms with Gasteiger partial charge in [-0.05, 0) is 62.3 Å². The fourth-order valence-electron chi connectivity index (χ4n) is 4.61. The molecule has 2 aliphatic heterocycles. The predicted molar refractivity (Wildman–Crippen MR) is 125 cm³/mol. The van der Waals surface area contributed by atoms with Crippen LogP contribution in [0.4, 0.5) is 17.5 Å². The molecule has 8 heteroatoms. The van der Waals surface area contributed by atoms with Gasteiger partial charge in [-0.3, -0.25) is 4.79 Å². The van der Waals surface area contributed by atoms with Gasteiger partial charge < -0.3 is 19.9 Å². The number of halogens is 1. The Morgan fingerprint density at radius 3 is 2.71 bits per heavy atom. The zero-order valence-corrected chi connectivity index (χ0v) is 19.4. The molecule has 2 aromatic rings. The molecule has 1 unspecified atom stereocenters. The van der Waals surface area contributed by atoms with Crippen molar-refractivity contribution in [3.63, 3.8) is 0 Å². The number of piperidine rings is 1. The fraction of sp³-hybridized carbons (Fsp3) is 0.522. The highest BCUT2D eigenvalue weighted by Crippen LogP contribution is 2.54. The van der Waals surface area contributed by atoms with Gasteiger partial charge in [0.25, 0.3) is 5.91 Å². The summed E-state index contributed by atoms with van der Waals surface area (Å²) in [7, 11) is 0. The lowest BCUT2D eigenvalue weighted by Crippen LogP contribution is -2.42. The summed E-state index contributed by atoms with van der Waals surface area (Å²) < 4.78 is 6.59. The molecule has 1 aromatic heterocycles. The third-order valence-corrected chi connectivity index (χ3v) is 7.23. The van der Waals surface area contributed by atoms with Crippen LogP contribution in [0.3, 0.4) is 0 Å². The number of morpholine rings is 1. The molecule has 0 bridgehead atoms. The number of rotatable bonds is 4. The molecular formula is C23H28BrN5O2. The van der Waals surface area contributed by atoms with Gasteiger partial charge in [0.2, 0.25) is 5.95 Å². The lowest BCUT2D eigenvalue weighted by atomic mass is 9.93. The first-order valence-electron chi connectivity index (χ1n) is 11.1. The monoisotopic (exact) mass is 485 g/mol. The van der Waals surface area contributed by atoms with Gasteiger partial charge in [-0.2, -0.15) is 4.98 Å². The van der Waals surface area contributed by atoms with Gasteiger partial charge in [0, 0.05) is 36.8 Å². The van der Waals surface area contributed by atoms with E-state index in [0.717, 1.165) is 36.3 Å². The van der Waals surface area contributed by atoms with Gasteiger partial charge in [0.15, 0.2) is 0 Å². The molecule has 1 spiro atoms. The summed E-state index contributed by atoms with van der Waals surface area (Å²) in [5.41, 5.74) is 2.26. The van der Waals surface area contributed by atoms with Crippen molar-refractivity contribution in [3.05, 3.63) is 40.5 Å². The number of ether oxygens (including phenoxy) is 1. The van der Waals surface area contributed by atoms with E-state index >= 15 is 0 Å². The van der Waals surface area contributed by atoms with E-state index in [1.54, 1.807) is 12.3 Å². The Kier molecular flexibility index (Phi) is 5.60. The number of carbonyl (C=O) groups excluding carboxylic acids is 1. The van der Waals surface area contributed by atoms with Gasteiger partial charge in [-0.15, -0.1) is 0 Å². The second kappa shape index (κ2) is 8.39. The summed E-state index contributed by atoms with van der Waals surface area (Å²) in [6.07, 6.45) is 7.00. The Bertz CT molecular complexity index is 970. The van der Waals surface area contributed by atoms with Crippen molar-refractivity contribution in [1.82, 2.24) is 9.97 Å². The highest BCUT2D eigenvalue weighted by atomic mass is 79.9. The number of hydrogen-bond acceptors (Lipinski definition) is 6. The van der Waals surface area contributed by atoms with E-state index < -0.39 is 0 Å². The van der Waals surface area contributed by atoms with Crippen LogP contribution in [0.2, 0.25) is 0 Å². The summed E-state index contributed by atoms with van der Waals surface area (Å²) in [4.78, 5) is 26.6. The highest BCUT2D eigenvalue weighted by Gasteiger charge is 2.44. The summed E-state index contributed by atoms with van der Waals surface area (Å²) >= 11 is 3.58. The lowest BCUT2D eigenvalue weighted by Gasteiger charge is -2.35. The molecular weight excluding hydrogens is 458 g/mol. The molecule has 1 aliphatic carbocycles. The molecule has 2 saturated heterocycles. The van der Waals surface area contributed by atoms with Crippen LogP contribution < -0.4 is 15.1 Å². The third kappa shape index (κ3) is 4.55. The van der Waals surface area contributed by atoms with Gasteiger partial charge in [0.1, 0.15) is 5.82 Å². The summed E-state index contributed by atoms with van der Waals surface area (Å²) in [5, 5.41) is 2.99. The Labute approximate surface area is 191 Å². The molecule has 1 atom stereocenters. The van der Waals surface area contributed by atoms with Crippen molar-refractivity contribution in [2.45, 2.75) is 38.7 Å². The Hall–Kier alpha value is -2.19. The highest BCUT2D eigenvalue weighted by molar-refractivity contribution is 9.10. The Morgan fingerprint density at radius 1 is 1.16 bits per heavy atom. The molecule has 1 aromatic carbocycles. The molecule has 31 heavy (non-hydrogen) atoms. The Morgan fingerprint density at radius 2 is 1.97 bits per heavy atom. The first-order valence-corrected chi connectivity index (χ1v) is 11.9. The zero-order valence-electron chi connectivity index (χ0n) is 17.8. The molecule has 5 rings (SSSR count). The van der Waals surface area contributed by atoms with Crippen LogP contribution in [0.5, 0.6) is 0 Å². The molecule has 3 aliphatic rings. The largest absolute Gasteiger partial charge is 0.375 e. The summed E-state index contributed by atoms with van der Waals surface area (Å²) in [5.74, 6) is 0.988. The standard InChI is InChI=1S/C23H28BrN5O2/c1-16-15-29(12-13-31-16)22-25-9-4-20(27-22)26-21(30)18-3-2-17(24)14-19(18)28-10-7-23(5-6-23)8-11-28/h2-4,9,14,16H,5-8,10-13,15H2,1H3,(H,25,26,27,30). The quantitative estimate of drug-likeness (QED) is 0.702. The molecule has 1 saturated carbocycles. The molecule has 7 nitrogen and oxygen atoms in total. The van der Waals surface area contributed by atoms with Crippen molar-refractivity contribution in [3.8, 4) is 0 Å². The van der Waals surface area contributed by atoms with Gasteiger partial charge in [-0.25, -0.2) is 4.98 Å². The van der Waals surface area contributed by atoms with Crippen molar-refractivity contribution < 1.29 is 9.53 Å². The Balaban J connectivity index is 1.33. The van der Waals surface area contributed by atoms with Gasteiger partial charge in [-0.1, -0.05) is 15.9 Å². The number of anilines is 3. The molecule has 164 valence electrons. The van der Waals surface area contributed by atoms with E-state index in [1.807, 2.05) is 19.1 Å². The van der Waals surface area contributed by atoms with Crippen molar-refractivity contribution in [2.75, 3.05) is 47.9 Å². The van der Waals surface area contributed by atoms with Gasteiger partial charge >= 0.3 is 0 Å². The molecule has 0 radical (unpaired) electrons. The van der Waals surface area contributed by atoms with Crippen molar-refractivity contribution in [1.29, 1.82) is 0 Å². The van der Waals surface area contributed by atoms with E-state index in [2.05, 4.69) is 47.1 Å². The topological polar surface area (TPSA) is 70.6 Å². The zero-order chi connectivity index (χ0) is 21.4. The minimum Gasteiger partial charge on any atom is -0.375 e. The first kappa shape index (κ1) is 20.7. The predicted octanol–water partition coefficient (Wildman–Crippen LogP) is 4.10. The second-order valence-corrected chi connectivity index (χ2v) is 9.89. The number of carbonyl (C=O) groups is 1. The van der Waals surface area contributed by atoms with E-state index in [1.165, 1.54) is 25.7 Å². The van der Waals surface area contributed by atoms with E-state index in [4.69, 9.17) is 4.74 Å². The lowest BCUT2D eigenvalue weighted by molar-refractivity contribution is 0.0526. The van der Waals surface area contributed by atoms with Crippen molar-refractivity contribution in [2.24, 2.45) is 5.41 Å². The maximum absolute atomic E-state index is 13.2. The van der Waals surface area contributed by atoms with E-state index in [0.29, 0.717) is 29.4 Å². The molecule has 3 heterocycles. The summed E-state index contributed by atoms with van der Waals surface area (Å²) in [6.45, 7) is 6.19. The van der Waals surface area contributed by atoms with Crippen LogP contribution in [-0.2, 0) is 4.74 Å². The third-order valence-electron chi connectivity index (χ3n) is 6.73. The number of benzene rings is 1. The first-order chi connectivity index (χ1) is 15.0. The number of amides is 1. The average molecular weight is 486 g/mol. The van der Waals surface area contributed by atoms with Crippen LogP contribution >= 0.6 is 15.9 Å². The van der Waals surface area contributed by atoms with E-state index in [-0.39, 0.29) is 12.0 Å². The normalized spacial score (nSPS) is 22.5. The SMILES string of the molecule is CC1CN(c2nccc(NC(=O)c3ccc(Br)cc3N3CCC4(CC3)CC4)n2)CCO1. The number of nitrogens with one attached hydrogen (secondary N) is 1. The number of aromatic nitrogens is 2. The molecule has 1 amide bonds. The van der Waals surface area contributed by atoms with Crippen LogP contribution in [0, 0.1) is 5.41 Å². The number of hydrogen-bond donors (Lipinski definition) is 1. The fourth-order valence-corrected chi connectivity index (χ4v) is 4.96. The van der Waals surface area contributed by atoms with Crippen LogP contribution in [0.25, 0.3) is 0 Å². The van der Waals surface area contributed by atoms with Crippen LogP contribution in [0.15, 0.2) is 34.9 Å². The average Bonchev–Trinajstić information content (AvgIpc) is 3.53. The van der Waals surface area contributed by atoms with E-state index in [9.17, 15) is 4.79 Å². The smallest absolute Gasteiger partial charge is 0.258 e. The maximum Gasteiger partial charge on any atom is 0.258 e. The minimum absolute atomic E-state index is 0.139.